The van der Waals surface area contributed by atoms with E-state index in [0.29, 0.717) is 5.56 Å². The zero-order valence-corrected chi connectivity index (χ0v) is 34.0. The van der Waals surface area contributed by atoms with E-state index in [9.17, 15) is 4.79 Å². The molecule has 1 radical (unpaired) electrons. The van der Waals surface area contributed by atoms with Gasteiger partial charge in [-0.25, -0.2) is 4.39 Å². The Kier molecular flexibility index (Phi) is 10.7. The number of nitrogens with zero attached hydrogens (tertiary/aromatic N) is 1. The first-order valence-corrected chi connectivity index (χ1v) is 22.7. The van der Waals surface area contributed by atoms with Gasteiger partial charge in [0.1, 0.15) is 13.9 Å². The number of aromatic nitrogens is 1. The van der Waals surface area contributed by atoms with Crippen LogP contribution in [0, 0.1) is 11.9 Å². The second-order valence-corrected chi connectivity index (χ2v) is 24.5. The van der Waals surface area contributed by atoms with Gasteiger partial charge in [0, 0.05) is 43.6 Å². The molecule has 7 heteroatoms. The number of aliphatic hydroxyl groups excluding tert-OH is 1. The van der Waals surface area contributed by atoms with Crippen LogP contribution in [-0.2, 0) is 30.3 Å². The molecule has 0 saturated carbocycles. The molecule has 0 spiro atoms. The summed E-state index contributed by atoms with van der Waals surface area (Å²) in [6, 6.07) is 29.2. The summed E-state index contributed by atoms with van der Waals surface area (Å²) in [6.07, 6.45) is 3.05. The Balaban J connectivity index is 0.000000589. The van der Waals surface area contributed by atoms with E-state index in [0.717, 1.165) is 38.5 Å². The van der Waals surface area contributed by atoms with E-state index >= 15 is 4.39 Å². The van der Waals surface area contributed by atoms with E-state index < -0.39 is 16.1 Å². The Labute approximate surface area is 300 Å². The summed E-state index contributed by atoms with van der Waals surface area (Å²) in [5, 5.41) is 14.2. The summed E-state index contributed by atoms with van der Waals surface area (Å²) < 4.78 is 16.6. The number of hydrogen-bond donors (Lipinski definition) is 1. The van der Waals surface area contributed by atoms with Crippen molar-refractivity contribution in [3.63, 3.8) is 0 Å². The van der Waals surface area contributed by atoms with Crippen LogP contribution in [0.15, 0.2) is 90.8 Å². The summed E-state index contributed by atoms with van der Waals surface area (Å²) in [5.41, 5.74) is 6.96. The van der Waals surface area contributed by atoms with Crippen LogP contribution in [0.5, 0.6) is 0 Å². The molecular weight excluding hydrogens is 806 g/mol. The molecule has 6 rings (SSSR count). The molecule has 0 bridgehead atoms. The predicted octanol–water partition coefficient (Wildman–Crippen LogP) is 9.19. The standard InChI is InChI=1S/C36H37FNSi2.C5H8O2.Ir/c1-36(2,3)31-22-25(21-24-11-9-10-12-27(24)31)33-35-30(19-20-38-33)29-18-17-28(32(37)34(29)40(35,7)8)23-13-15-26(16-14-23)39(4,5)6;1-4(6)3-5(2)7;/h9-20,22H,1-8H3;3,6H,1-2H3;/q-1;;/b;4-3-;. The number of carbonyl (C=O) groups excluding carboxylic acids is 1. The summed E-state index contributed by atoms with van der Waals surface area (Å²) in [4.78, 5) is 15.0. The van der Waals surface area contributed by atoms with E-state index in [1.165, 1.54) is 41.2 Å². The van der Waals surface area contributed by atoms with Crippen LogP contribution in [-0.4, -0.2) is 32.0 Å². The third-order valence-electron chi connectivity index (χ3n) is 8.95. The molecule has 2 heterocycles. The molecule has 3 nitrogen and oxygen atoms in total. The summed E-state index contributed by atoms with van der Waals surface area (Å²) in [6.45, 7) is 21.2. The van der Waals surface area contributed by atoms with E-state index in [1.54, 1.807) is 0 Å². The number of hydrogen-bond acceptors (Lipinski definition) is 3. The molecule has 1 aliphatic rings. The van der Waals surface area contributed by atoms with Gasteiger partial charge in [0.05, 0.1) is 13.8 Å². The van der Waals surface area contributed by atoms with E-state index in [-0.39, 0.29) is 42.9 Å². The number of rotatable bonds is 4. The van der Waals surface area contributed by atoms with Crippen molar-refractivity contribution < 1.29 is 34.4 Å². The quantitative estimate of drug-likeness (QED) is 0.0850. The van der Waals surface area contributed by atoms with Gasteiger partial charge in [0.15, 0.2) is 5.78 Å². The monoisotopic (exact) mass is 851 g/mol. The van der Waals surface area contributed by atoms with Gasteiger partial charge in [-0.1, -0.05) is 129 Å². The van der Waals surface area contributed by atoms with Crippen molar-refractivity contribution in [3.8, 4) is 33.5 Å². The largest absolute Gasteiger partial charge is 0.512 e. The number of pyridine rings is 1. The Morgan fingerprint density at radius 2 is 1.50 bits per heavy atom. The van der Waals surface area contributed by atoms with Gasteiger partial charge < -0.3 is 5.11 Å². The van der Waals surface area contributed by atoms with Crippen molar-refractivity contribution in [2.45, 2.75) is 72.8 Å². The van der Waals surface area contributed by atoms with Crippen LogP contribution in [0.4, 0.5) is 4.39 Å². The van der Waals surface area contributed by atoms with Crippen LogP contribution >= 0.6 is 0 Å². The fourth-order valence-electron chi connectivity index (χ4n) is 6.70. The summed E-state index contributed by atoms with van der Waals surface area (Å²) in [5.74, 6) is -0.137. The Morgan fingerprint density at radius 3 is 2.06 bits per heavy atom. The number of allylic oxidation sites excluding steroid dienone is 2. The van der Waals surface area contributed by atoms with Crippen molar-refractivity contribution >= 4 is 48.3 Å². The molecule has 0 saturated heterocycles. The number of halogens is 1. The minimum absolute atomic E-state index is 0. The van der Waals surface area contributed by atoms with Gasteiger partial charge in [0.2, 0.25) is 0 Å². The predicted molar refractivity (Wildman–Crippen MR) is 202 cm³/mol. The molecule has 1 aromatic heterocycles. The maximum Gasteiger partial charge on any atom is 0.155 e. The normalized spacial score (nSPS) is 13.6. The average molecular weight is 851 g/mol. The second-order valence-electron chi connectivity index (χ2n) is 15.2. The topological polar surface area (TPSA) is 50.2 Å². The van der Waals surface area contributed by atoms with Gasteiger partial charge in [-0.05, 0) is 47.2 Å². The van der Waals surface area contributed by atoms with Crippen LogP contribution in [0.3, 0.4) is 0 Å². The van der Waals surface area contributed by atoms with Gasteiger partial charge in [0.25, 0.3) is 0 Å². The maximum atomic E-state index is 16.6. The number of carbonyl (C=O) groups is 1. The minimum Gasteiger partial charge on any atom is -0.512 e. The van der Waals surface area contributed by atoms with Crippen LogP contribution in [0.2, 0.25) is 32.7 Å². The summed E-state index contributed by atoms with van der Waals surface area (Å²) >= 11 is 0. The van der Waals surface area contributed by atoms with Crippen LogP contribution < -0.4 is 15.6 Å². The SMILES string of the molecule is CC(=O)/C=C(/C)O.CC(C)(C)c1cc(-c2nccc3c2[Si](C)(C)c2c-3ccc(-c3ccc([Si](C)(C)C)cc3)c2F)[c-]c2ccccc12.[Ir]. The number of aliphatic hydroxyl groups is 1. The fraction of sp³-hybridized carbons (Fsp3) is 0.268. The van der Waals surface area contributed by atoms with Gasteiger partial charge in [-0.2, -0.15) is 0 Å². The Morgan fingerprint density at radius 1 is 0.896 bits per heavy atom. The van der Waals surface area contributed by atoms with Crippen LogP contribution in [0.25, 0.3) is 44.3 Å². The number of fused-ring (bicyclic) bond motifs is 4. The molecule has 0 atom stereocenters. The number of ketones is 1. The molecule has 48 heavy (non-hydrogen) atoms. The molecule has 5 aromatic rings. The van der Waals surface area contributed by atoms with E-state index in [2.05, 4.69) is 126 Å². The molecule has 251 valence electrons. The third kappa shape index (κ3) is 7.25. The average Bonchev–Trinajstić information content (AvgIpc) is 3.22. The molecule has 1 N–H and O–H groups in total. The van der Waals surface area contributed by atoms with Crippen molar-refractivity contribution in [2.24, 2.45) is 0 Å². The van der Waals surface area contributed by atoms with Crippen molar-refractivity contribution in [1.82, 2.24) is 4.98 Å². The second kappa shape index (κ2) is 13.8. The summed E-state index contributed by atoms with van der Waals surface area (Å²) in [7, 11) is -3.86. The molecule has 4 aromatic carbocycles. The molecule has 0 aliphatic carbocycles. The first-order chi connectivity index (χ1) is 21.9. The van der Waals surface area contributed by atoms with Gasteiger partial charge in [-0.3, -0.25) is 9.78 Å². The molecular formula is C41H45FIrNO2Si2-. The Hall–Kier alpha value is -3.49. The zero-order valence-electron chi connectivity index (χ0n) is 29.6. The number of benzene rings is 4. The first-order valence-electron chi connectivity index (χ1n) is 16.2. The van der Waals surface area contributed by atoms with Gasteiger partial charge in [-0.15, -0.1) is 29.1 Å². The molecule has 0 amide bonds. The fourth-order valence-corrected chi connectivity index (χ4v) is 11.4. The van der Waals surface area contributed by atoms with E-state index in [4.69, 9.17) is 10.1 Å². The Bertz CT molecular complexity index is 2030. The zero-order chi connectivity index (χ0) is 34.5. The maximum absolute atomic E-state index is 16.6. The molecule has 0 unspecified atom stereocenters. The van der Waals surface area contributed by atoms with Crippen LogP contribution in [0.1, 0.15) is 40.2 Å². The smallest absolute Gasteiger partial charge is 0.155 e. The molecule has 1 aliphatic heterocycles. The first kappa shape index (κ1) is 37.3. The van der Waals surface area contributed by atoms with Crippen molar-refractivity contribution in [1.29, 1.82) is 0 Å². The minimum atomic E-state index is -2.44. The third-order valence-corrected chi connectivity index (χ3v) is 14.5. The van der Waals surface area contributed by atoms with E-state index in [1.807, 2.05) is 12.3 Å². The van der Waals surface area contributed by atoms with Crippen molar-refractivity contribution in [3.05, 3.63) is 108 Å². The van der Waals surface area contributed by atoms with Gasteiger partial charge >= 0.3 is 0 Å². The molecule has 0 fully saturated rings. The van der Waals surface area contributed by atoms with Crippen molar-refractivity contribution in [2.75, 3.05) is 0 Å².